The van der Waals surface area contributed by atoms with Crippen LogP contribution in [0.15, 0.2) is 44.7 Å². The van der Waals surface area contributed by atoms with Gasteiger partial charge >= 0.3 is 0 Å². The van der Waals surface area contributed by atoms with Crippen molar-refractivity contribution in [2.75, 3.05) is 7.05 Å². The fraction of sp³-hybridized carbons (Fsp3) is 0.154. The lowest BCUT2D eigenvalue weighted by Gasteiger charge is -2.17. The van der Waals surface area contributed by atoms with Crippen molar-refractivity contribution >= 4 is 49.1 Å². The predicted molar refractivity (Wildman–Crippen MR) is 82.0 cm³/mol. The number of halogens is 2. The minimum atomic E-state index is 0.0107. The smallest absolute Gasteiger partial charge is 0.255 e. The maximum absolute atomic E-state index is 12.3. The van der Waals surface area contributed by atoms with E-state index in [1.54, 1.807) is 16.2 Å². The Morgan fingerprint density at radius 2 is 2.11 bits per heavy atom. The molecule has 1 aromatic carbocycles. The van der Waals surface area contributed by atoms with Crippen molar-refractivity contribution in [2.24, 2.45) is 0 Å². The number of carbonyl (C=O) groups is 1. The molecule has 2 rings (SSSR count). The van der Waals surface area contributed by atoms with Gasteiger partial charge < -0.3 is 4.90 Å². The van der Waals surface area contributed by atoms with Gasteiger partial charge in [0.25, 0.3) is 5.91 Å². The minimum Gasteiger partial charge on any atom is -0.337 e. The Morgan fingerprint density at radius 3 is 2.78 bits per heavy atom. The third kappa shape index (κ3) is 3.22. The number of hydrogen-bond donors (Lipinski definition) is 0. The number of amides is 1. The van der Waals surface area contributed by atoms with E-state index < -0.39 is 0 Å². The fourth-order valence-electron chi connectivity index (χ4n) is 1.58. The Labute approximate surface area is 127 Å². The van der Waals surface area contributed by atoms with Gasteiger partial charge in [0.1, 0.15) is 0 Å². The lowest BCUT2D eigenvalue weighted by atomic mass is 10.2. The van der Waals surface area contributed by atoms with E-state index >= 15 is 0 Å². The summed E-state index contributed by atoms with van der Waals surface area (Å²) >= 11 is 8.45. The van der Waals surface area contributed by atoms with Gasteiger partial charge in [-0.05, 0) is 45.6 Å². The minimum absolute atomic E-state index is 0.0107. The van der Waals surface area contributed by atoms with Gasteiger partial charge in [-0.1, -0.05) is 22.0 Å². The van der Waals surface area contributed by atoms with E-state index in [4.69, 9.17) is 0 Å². The Balaban J connectivity index is 2.17. The van der Waals surface area contributed by atoms with Gasteiger partial charge in [-0.25, -0.2) is 0 Å². The summed E-state index contributed by atoms with van der Waals surface area (Å²) in [6.07, 6.45) is 0. The van der Waals surface area contributed by atoms with Crippen molar-refractivity contribution in [2.45, 2.75) is 6.54 Å². The molecule has 1 amide bonds. The zero-order valence-corrected chi connectivity index (χ0v) is 13.7. The van der Waals surface area contributed by atoms with Crippen LogP contribution in [0, 0.1) is 0 Å². The molecule has 0 fully saturated rings. The average molecular weight is 389 g/mol. The van der Waals surface area contributed by atoms with Gasteiger partial charge in [-0.3, -0.25) is 4.79 Å². The first kappa shape index (κ1) is 13.8. The molecule has 18 heavy (non-hydrogen) atoms. The summed E-state index contributed by atoms with van der Waals surface area (Å²) in [5.41, 5.74) is 0.670. The average Bonchev–Trinajstić information content (AvgIpc) is 2.84. The summed E-state index contributed by atoms with van der Waals surface area (Å²) in [5, 5.41) is 2.02. The molecule has 2 aromatic rings. The molecule has 0 aliphatic heterocycles. The predicted octanol–water partition coefficient (Wildman–Crippen LogP) is 4.55. The van der Waals surface area contributed by atoms with E-state index in [0.29, 0.717) is 12.1 Å². The maximum atomic E-state index is 12.3. The Morgan fingerprint density at radius 1 is 1.33 bits per heavy atom. The second-order valence-corrected chi connectivity index (χ2v) is 6.67. The Kier molecular flexibility index (Phi) is 4.59. The number of benzene rings is 1. The van der Waals surface area contributed by atoms with E-state index in [0.717, 1.165) is 8.95 Å². The molecule has 1 heterocycles. The molecule has 0 unspecified atom stereocenters. The molecule has 0 spiro atoms. The largest absolute Gasteiger partial charge is 0.337 e. The van der Waals surface area contributed by atoms with Crippen molar-refractivity contribution < 1.29 is 4.79 Å². The molecule has 0 saturated heterocycles. The lowest BCUT2D eigenvalue weighted by molar-refractivity contribution is 0.0785. The van der Waals surface area contributed by atoms with Gasteiger partial charge in [0, 0.05) is 20.9 Å². The molecule has 0 aliphatic carbocycles. The van der Waals surface area contributed by atoms with Gasteiger partial charge in [0.2, 0.25) is 0 Å². The highest BCUT2D eigenvalue weighted by Crippen LogP contribution is 2.23. The SMILES string of the molecule is CN(Cc1cccs1)C(=O)c1cc(Br)ccc1Br. The molecule has 2 nitrogen and oxygen atoms in total. The Hall–Kier alpha value is -0.650. The number of hydrogen-bond acceptors (Lipinski definition) is 2. The highest BCUT2D eigenvalue weighted by atomic mass is 79.9. The molecule has 5 heteroatoms. The van der Waals surface area contributed by atoms with Crippen LogP contribution in [0.5, 0.6) is 0 Å². The quantitative estimate of drug-likeness (QED) is 0.755. The number of carbonyl (C=O) groups excluding carboxylic acids is 1. The third-order valence-electron chi connectivity index (χ3n) is 2.48. The zero-order valence-electron chi connectivity index (χ0n) is 9.69. The first-order valence-corrected chi connectivity index (χ1v) is 7.77. The van der Waals surface area contributed by atoms with Crippen LogP contribution in [0.25, 0.3) is 0 Å². The zero-order chi connectivity index (χ0) is 13.1. The summed E-state index contributed by atoms with van der Waals surface area (Å²) in [4.78, 5) is 15.2. The summed E-state index contributed by atoms with van der Waals surface area (Å²) in [5.74, 6) is 0.0107. The summed E-state index contributed by atoms with van der Waals surface area (Å²) in [6.45, 7) is 0.634. The summed E-state index contributed by atoms with van der Waals surface area (Å²) < 4.78 is 1.72. The van der Waals surface area contributed by atoms with Crippen LogP contribution >= 0.6 is 43.2 Å². The monoisotopic (exact) mass is 387 g/mol. The molecule has 0 N–H and O–H groups in total. The van der Waals surface area contributed by atoms with E-state index in [2.05, 4.69) is 31.9 Å². The third-order valence-corrected chi connectivity index (χ3v) is 4.52. The highest BCUT2D eigenvalue weighted by Gasteiger charge is 2.15. The van der Waals surface area contributed by atoms with E-state index in [1.165, 1.54) is 4.88 Å². The second-order valence-electron chi connectivity index (χ2n) is 3.86. The normalized spacial score (nSPS) is 10.4. The van der Waals surface area contributed by atoms with Crippen LogP contribution in [0.1, 0.15) is 15.2 Å². The van der Waals surface area contributed by atoms with Crippen molar-refractivity contribution in [3.05, 3.63) is 55.1 Å². The van der Waals surface area contributed by atoms with Crippen molar-refractivity contribution in [1.29, 1.82) is 0 Å². The van der Waals surface area contributed by atoms with Crippen molar-refractivity contribution in [1.82, 2.24) is 4.90 Å². The van der Waals surface area contributed by atoms with Crippen LogP contribution in [-0.4, -0.2) is 17.9 Å². The van der Waals surface area contributed by atoms with Crippen LogP contribution in [-0.2, 0) is 6.54 Å². The number of rotatable bonds is 3. The van der Waals surface area contributed by atoms with Crippen LogP contribution < -0.4 is 0 Å². The summed E-state index contributed by atoms with van der Waals surface area (Å²) in [6, 6.07) is 9.63. The van der Waals surface area contributed by atoms with Gasteiger partial charge in [-0.15, -0.1) is 11.3 Å². The molecule has 0 bridgehead atoms. The van der Waals surface area contributed by atoms with Gasteiger partial charge in [0.15, 0.2) is 0 Å². The topological polar surface area (TPSA) is 20.3 Å². The second kappa shape index (κ2) is 5.99. The molecule has 94 valence electrons. The van der Waals surface area contributed by atoms with Crippen molar-refractivity contribution in [3.63, 3.8) is 0 Å². The molecule has 0 aliphatic rings. The molecular formula is C13H11Br2NOS. The fourth-order valence-corrected chi connectivity index (χ4v) is 3.11. The number of thiophene rings is 1. The first-order valence-electron chi connectivity index (χ1n) is 5.31. The molecule has 0 radical (unpaired) electrons. The maximum Gasteiger partial charge on any atom is 0.255 e. The van der Waals surface area contributed by atoms with E-state index in [9.17, 15) is 4.79 Å². The van der Waals surface area contributed by atoms with E-state index in [-0.39, 0.29) is 5.91 Å². The first-order chi connectivity index (χ1) is 8.58. The number of nitrogens with zero attached hydrogens (tertiary/aromatic N) is 1. The summed E-state index contributed by atoms with van der Waals surface area (Å²) in [7, 11) is 1.81. The van der Waals surface area contributed by atoms with E-state index in [1.807, 2.05) is 42.8 Å². The lowest BCUT2D eigenvalue weighted by Crippen LogP contribution is -2.26. The van der Waals surface area contributed by atoms with Crippen LogP contribution in [0.4, 0.5) is 0 Å². The van der Waals surface area contributed by atoms with Crippen LogP contribution in [0.3, 0.4) is 0 Å². The van der Waals surface area contributed by atoms with Gasteiger partial charge in [0.05, 0.1) is 12.1 Å². The highest BCUT2D eigenvalue weighted by molar-refractivity contribution is 9.11. The van der Waals surface area contributed by atoms with Gasteiger partial charge in [-0.2, -0.15) is 0 Å². The Bertz CT molecular complexity index is 554. The standard InChI is InChI=1S/C13H11Br2NOS/c1-16(8-10-3-2-6-18-10)13(17)11-7-9(14)4-5-12(11)15/h2-7H,8H2,1H3. The molecule has 0 saturated carbocycles. The molecule has 0 atom stereocenters. The molecule has 1 aromatic heterocycles. The van der Waals surface area contributed by atoms with Crippen LogP contribution in [0.2, 0.25) is 0 Å². The molecular weight excluding hydrogens is 378 g/mol. The van der Waals surface area contributed by atoms with Crippen molar-refractivity contribution in [3.8, 4) is 0 Å².